The van der Waals surface area contributed by atoms with E-state index in [2.05, 4.69) is 11.1 Å². The number of aromatic nitrogens is 2. The highest BCUT2D eigenvalue weighted by molar-refractivity contribution is 5.81. The van der Waals surface area contributed by atoms with Crippen molar-refractivity contribution in [2.24, 2.45) is 0 Å². The molecule has 20 heavy (non-hydrogen) atoms. The minimum absolute atomic E-state index is 0.491. The van der Waals surface area contributed by atoms with Gasteiger partial charge in [0, 0.05) is 23.0 Å². The Morgan fingerprint density at radius 1 is 1.25 bits per heavy atom. The lowest BCUT2D eigenvalue weighted by atomic mass is 10.2. The summed E-state index contributed by atoms with van der Waals surface area (Å²) in [6, 6.07) is 12.1. The lowest BCUT2D eigenvalue weighted by Gasteiger charge is -2.10. The number of nitrogens with two attached hydrogens (primary N) is 1. The van der Waals surface area contributed by atoms with Crippen molar-refractivity contribution in [3.05, 3.63) is 53.3 Å². The molecule has 0 radical (unpaired) electrons. The number of nitrogen functional groups attached to an aromatic ring is 1. The Morgan fingerprint density at radius 3 is 2.75 bits per heavy atom. The molecule has 2 heterocycles. The highest BCUT2D eigenvalue weighted by atomic mass is 15.1. The Morgan fingerprint density at radius 2 is 2.05 bits per heavy atom. The lowest BCUT2D eigenvalue weighted by Crippen LogP contribution is -2.02. The third-order valence-corrected chi connectivity index (χ3v) is 3.71. The van der Waals surface area contributed by atoms with Crippen molar-refractivity contribution in [1.29, 1.82) is 5.26 Å². The molecule has 2 aromatic heterocycles. The molecule has 1 aromatic carbocycles. The molecular formula is C16H14N4. The van der Waals surface area contributed by atoms with Crippen LogP contribution in [-0.4, -0.2) is 9.55 Å². The summed E-state index contributed by atoms with van der Waals surface area (Å²) >= 11 is 0. The Hall–Kier alpha value is -2.80. The monoisotopic (exact) mass is 262 g/mol. The van der Waals surface area contributed by atoms with Gasteiger partial charge in [0.2, 0.25) is 0 Å². The van der Waals surface area contributed by atoms with Gasteiger partial charge in [0.05, 0.1) is 11.1 Å². The summed E-state index contributed by atoms with van der Waals surface area (Å²) in [5.41, 5.74) is 10.5. The van der Waals surface area contributed by atoms with Gasteiger partial charge in [-0.1, -0.05) is 6.07 Å². The van der Waals surface area contributed by atoms with Crippen LogP contribution in [0.15, 0.2) is 36.5 Å². The van der Waals surface area contributed by atoms with Gasteiger partial charge in [-0.3, -0.25) is 9.55 Å². The summed E-state index contributed by atoms with van der Waals surface area (Å²) < 4.78 is 1.92. The molecule has 0 saturated carbocycles. The number of nitriles is 1. The molecule has 3 rings (SSSR count). The molecule has 0 aliphatic heterocycles. The summed E-state index contributed by atoms with van der Waals surface area (Å²) in [6.07, 6.45) is 1.77. The summed E-state index contributed by atoms with van der Waals surface area (Å²) in [4.78, 5) is 4.31. The average Bonchev–Trinajstić information content (AvgIpc) is 2.68. The van der Waals surface area contributed by atoms with E-state index < -0.39 is 0 Å². The maximum atomic E-state index is 9.20. The molecule has 4 nitrogen and oxygen atoms in total. The zero-order valence-electron chi connectivity index (χ0n) is 11.4. The summed E-state index contributed by atoms with van der Waals surface area (Å²) in [7, 11) is 0. The first-order chi connectivity index (χ1) is 9.63. The first-order valence-corrected chi connectivity index (χ1v) is 6.36. The van der Waals surface area contributed by atoms with Crippen LogP contribution in [-0.2, 0) is 0 Å². The van der Waals surface area contributed by atoms with Crippen LogP contribution >= 0.6 is 0 Å². The normalized spacial score (nSPS) is 10.7. The van der Waals surface area contributed by atoms with E-state index in [0.29, 0.717) is 11.4 Å². The minimum Gasteiger partial charge on any atom is -0.384 e. The second-order valence-corrected chi connectivity index (χ2v) is 4.80. The van der Waals surface area contributed by atoms with Gasteiger partial charge >= 0.3 is 0 Å². The highest BCUT2D eigenvalue weighted by Crippen LogP contribution is 2.28. The largest absolute Gasteiger partial charge is 0.384 e. The lowest BCUT2D eigenvalue weighted by molar-refractivity contribution is 1.02. The topological polar surface area (TPSA) is 67.6 Å². The molecule has 2 N–H and O–H groups in total. The standard InChI is InChI=1S/C16H14N4/c1-10-11(2)20(16(18)14(10)9-17)13-5-6-15-12(8-13)4-3-7-19-15/h3-8H,18H2,1-2H3. The number of benzene rings is 1. The van der Waals surface area contributed by atoms with Crippen molar-refractivity contribution in [3.63, 3.8) is 0 Å². The number of anilines is 1. The molecule has 0 spiro atoms. The van der Waals surface area contributed by atoms with Gasteiger partial charge in [-0.25, -0.2) is 0 Å². The maximum Gasteiger partial charge on any atom is 0.126 e. The van der Waals surface area contributed by atoms with Crippen LogP contribution in [0.4, 0.5) is 5.82 Å². The Bertz CT molecular complexity index is 853. The van der Waals surface area contributed by atoms with E-state index >= 15 is 0 Å². The average molecular weight is 262 g/mol. The second kappa shape index (κ2) is 4.39. The smallest absolute Gasteiger partial charge is 0.126 e. The van der Waals surface area contributed by atoms with Crippen molar-refractivity contribution in [2.45, 2.75) is 13.8 Å². The van der Waals surface area contributed by atoms with E-state index in [9.17, 15) is 5.26 Å². The summed E-state index contributed by atoms with van der Waals surface area (Å²) in [5, 5.41) is 10.3. The first-order valence-electron chi connectivity index (χ1n) is 6.36. The van der Waals surface area contributed by atoms with Crippen molar-refractivity contribution in [1.82, 2.24) is 9.55 Å². The van der Waals surface area contributed by atoms with Gasteiger partial charge in [0.1, 0.15) is 11.9 Å². The van der Waals surface area contributed by atoms with Gasteiger partial charge in [0.25, 0.3) is 0 Å². The molecule has 0 bridgehead atoms. The fourth-order valence-electron chi connectivity index (χ4n) is 2.51. The summed E-state index contributed by atoms with van der Waals surface area (Å²) in [6.45, 7) is 3.89. The van der Waals surface area contributed by atoms with Crippen molar-refractivity contribution < 1.29 is 0 Å². The predicted octanol–water partition coefficient (Wildman–Crippen LogP) is 3.10. The van der Waals surface area contributed by atoms with Crippen LogP contribution in [0.5, 0.6) is 0 Å². The van der Waals surface area contributed by atoms with Crippen LogP contribution in [0.1, 0.15) is 16.8 Å². The number of hydrogen-bond acceptors (Lipinski definition) is 3. The van der Waals surface area contributed by atoms with Crippen LogP contribution in [0.25, 0.3) is 16.6 Å². The second-order valence-electron chi connectivity index (χ2n) is 4.80. The summed E-state index contributed by atoms with van der Waals surface area (Å²) in [5.74, 6) is 0.491. The molecule has 4 heteroatoms. The van der Waals surface area contributed by atoms with Gasteiger partial charge < -0.3 is 5.73 Å². The Labute approximate surface area is 117 Å². The fraction of sp³-hybridized carbons (Fsp3) is 0.125. The van der Waals surface area contributed by atoms with Gasteiger partial charge in [0.15, 0.2) is 0 Å². The third kappa shape index (κ3) is 1.64. The van der Waals surface area contributed by atoms with E-state index in [1.807, 2.05) is 48.7 Å². The van der Waals surface area contributed by atoms with Crippen molar-refractivity contribution >= 4 is 16.7 Å². The molecule has 0 aliphatic carbocycles. The minimum atomic E-state index is 0.491. The van der Waals surface area contributed by atoms with Crippen molar-refractivity contribution in [3.8, 4) is 11.8 Å². The quantitative estimate of drug-likeness (QED) is 0.732. The Kier molecular flexibility index (Phi) is 2.69. The van der Waals surface area contributed by atoms with E-state index in [0.717, 1.165) is 27.8 Å². The molecule has 98 valence electrons. The predicted molar refractivity (Wildman–Crippen MR) is 79.7 cm³/mol. The van der Waals surface area contributed by atoms with Gasteiger partial charge in [-0.2, -0.15) is 5.26 Å². The van der Waals surface area contributed by atoms with Crippen LogP contribution in [0.3, 0.4) is 0 Å². The zero-order chi connectivity index (χ0) is 14.3. The molecule has 0 saturated heterocycles. The van der Waals surface area contributed by atoms with Crippen LogP contribution in [0, 0.1) is 25.2 Å². The SMILES string of the molecule is Cc1c(C#N)c(N)n(-c2ccc3ncccc3c2)c1C. The highest BCUT2D eigenvalue weighted by Gasteiger charge is 2.16. The number of nitrogens with zero attached hydrogens (tertiary/aromatic N) is 3. The fourth-order valence-corrected chi connectivity index (χ4v) is 2.51. The van der Waals surface area contributed by atoms with E-state index in [1.165, 1.54) is 0 Å². The Balaban J connectivity index is 2.29. The molecule has 0 amide bonds. The van der Waals surface area contributed by atoms with Gasteiger partial charge in [-0.05, 0) is 43.7 Å². The molecule has 0 atom stereocenters. The van der Waals surface area contributed by atoms with E-state index in [1.54, 1.807) is 6.20 Å². The molecule has 0 unspecified atom stereocenters. The zero-order valence-corrected chi connectivity index (χ0v) is 11.4. The third-order valence-electron chi connectivity index (χ3n) is 3.71. The number of hydrogen-bond donors (Lipinski definition) is 1. The molecule has 0 aliphatic rings. The van der Waals surface area contributed by atoms with E-state index in [-0.39, 0.29) is 0 Å². The van der Waals surface area contributed by atoms with Gasteiger partial charge in [-0.15, -0.1) is 0 Å². The maximum absolute atomic E-state index is 9.20. The van der Waals surface area contributed by atoms with Crippen molar-refractivity contribution in [2.75, 3.05) is 5.73 Å². The molecule has 3 aromatic rings. The number of rotatable bonds is 1. The van der Waals surface area contributed by atoms with Crippen LogP contribution in [0.2, 0.25) is 0 Å². The molecular weight excluding hydrogens is 248 g/mol. The number of pyridine rings is 1. The molecule has 0 fully saturated rings. The number of fused-ring (bicyclic) bond motifs is 1. The first kappa shape index (κ1) is 12.2. The van der Waals surface area contributed by atoms with Crippen LogP contribution < -0.4 is 5.73 Å². The van der Waals surface area contributed by atoms with E-state index in [4.69, 9.17) is 5.73 Å².